The summed E-state index contributed by atoms with van der Waals surface area (Å²) in [6, 6.07) is 9.84. The third kappa shape index (κ3) is 3.47. The minimum Gasteiger partial charge on any atom is -0.493 e. The zero-order valence-electron chi connectivity index (χ0n) is 10.2. The van der Waals surface area contributed by atoms with Crippen molar-refractivity contribution in [1.29, 1.82) is 0 Å². The zero-order valence-corrected chi connectivity index (χ0v) is 11.8. The average molecular weight is 307 g/mol. The number of rotatable bonds is 4. The Morgan fingerprint density at radius 1 is 1.33 bits per heavy atom. The van der Waals surface area contributed by atoms with Crippen LogP contribution >= 0.6 is 15.9 Å². The minimum absolute atomic E-state index is 0.582. The van der Waals surface area contributed by atoms with E-state index >= 15 is 0 Å². The van der Waals surface area contributed by atoms with E-state index < -0.39 is 0 Å². The number of nitrogens with zero attached hydrogens (tertiary/aromatic N) is 1. The molecule has 0 amide bonds. The standard InChI is InChI=1S/C14H15BrN2O/c1-10-7-11(14(16)17-9-10)5-6-18-13-4-2-3-12(15)8-13/h2-4,7-9H,5-6H2,1H3,(H2,16,17). The van der Waals surface area contributed by atoms with Crippen LogP contribution in [0.5, 0.6) is 5.75 Å². The van der Waals surface area contributed by atoms with E-state index in [1.165, 1.54) is 0 Å². The fourth-order valence-corrected chi connectivity index (χ4v) is 2.05. The second-order valence-corrected chi connectivity index (χ2v) is 5.03. The molecule has 1 aromatic carbocycles. The SMILES string of the molecule is Cc1cnc(N)c(CCOc2cccc(Br)c2)c1. The van der Waals surface area contributed by atoms with E-state index in [9.17, 15) is 0 Å². The number of hydrogen-bond acceptors (Lipinski definition) is 3. The normalized spacial score (nSPS) is 10.3. The molecule has 0 fully saturated rings. The van der Waals surface area contributed by atoms with Gasteiger partial charge in [0.1, 0.15) is 11.6 Å². The summed E-state index contributed by atoms with van der Waals surface area (Å²) in [6.07, 6.45) is 2.53. The molecule has 2 aromatic rings. The Kier molecular flexibility index (Phi) is 4.20. The molecule has 0 aliphatic carbocycles. The highest BCUT2D eigenvalue weighted by molar-refractivity contribution is 9.10. The summed E-state index contributed by atoms with van der Waals surface area (Å²) < 4.78 is 6.68. The maximum atomic E-state index is 5.82. The van der Waals surface area contributed by atoms with Crippen LogP contribution in [0.3, 0.4) is 0 Å². The molecule has 0 atom stereocenters. The second kappa shape index (κ2) is 5.87. The number of aromatic nitrogens is 1. The lowest BCUT2D eigenvalue weighted by atomic mass is 10.1. The number of anilines is 1. The first-order chi connectivity index (χ1) is 8.65. The third-order valence-corrected chi connectivity index (χ3v) is 3.07. The topological polar surface area (TPSA) is 48.1 Å². The fraction of sp³-hybridized carbons (Fsp3) is 0.214. The quantitative estimate of drug-likeness (QED) is 0.942. The number of pyridine rings is 1. The Bertz CT molecular complexity index is 543. The van der Waals surface area contributed by atoms with Gasteiger partial charge in [-0.1, -0.05) is 28.1 Å². The summed E-state index contributed by atoms with van der Waals surface area (Å²) >= 11 is 3.41. The average Bonchev–Trinajstić information content (AvgIpc) is 2.34. The molecule has 3 nitrogen and oxygen atoms in total. The van der Waals surface area contributed by atoms with E-state index in [-0.39, 0.29) is 0 Å². The summed E-state index contributed by atoms with van der Waals surface area (Å²) in [6.45, 7) is 2.59. The molecular weight excluding hydrogens is 292 g/mol. The molecule has 1 aromatic heterocycles. The Hall–Kier alpha value is -1.55. The number of nitrogens with two attached hydrogens (primary N) is 1. The van der Waals surface area contributed by atoms with Crippen LogP contribution in [0.15, 0.2) is 41.0 Å². The summed E-state index contributed by atoms with van der Waals surface area (Å²) in [5, 5.41) is 0. The lowest BCUT2D eigenvalue weighted by Crippen LogP contribution is -2.05. The van der Waals surface area contributed by atoms with Crippen LogP contribution in [0.1, 0.15) is 11.1 Å². The molecule has 4 heteroatoms. The Morgan fingerprint density at radius 2 is 2.17 bits per heavy atom. The van der Waals surface area contributed by atoms with Gasteiger partial charge in [-0.15, -0.1) is 0 Å². The van der Waals surface area contributed by atoms with Crippen LogP contribution in [0.4, 0.5) is 5.82 Å². The molecule has 0 radical (unpaired) electrons. The molecule has 0 saturated carbocycles. The minimum atomic E-state index is 0.582. The Labute approximate surface area is 115 Å². The number of hydrogen-bond donors (Lipinski definition) is 1. The summed E-state index contributed by atoms with van der Waals surface area (Å²) in [7, 11) is 0. The van der Waals surface area contributed by atoms with E-state index in [0.717, 1.165) is 27.8 Å². The van der Waals surface area contributed by atoms with Crippen LogP contribution in [0.2, 0.25) is 0 Å². The maximum Gasteiger partial charge on any atom is 0.126 e. The Morgan fingerprint density at radius 3 is 2.94 bits per heavy atom. The predicted octanol–water partition coefficient (Wildman–Crippen LogP) is 3.36. The van der Waals surface area contributed by atoms with Gasteiger partial charge in [-0.25, -0.2) is 4.98 Å². The first-order valence-electron chi connectivity index (χ1n) is 5.74. The van der Waals surface area contributed by atoms with Gasteiger partial charge in [-0.3, -0.25) is 0 Å². The predicted molar refractivity (Wildman–Crippen MR) is 76.7 cm³/mol. The van der Waals surface area contributed by atoms with Crippen LogP contribution in [-0.4, -0.2) is 11.6 Å². The summed E-state index contributed by atoms with van der Waals surface area (Å²) in [5.41, 5.74) is 7.96. The van der Waals surface area contributed by atoms with Crippen molar-refractivity contribution in [3.63, 3.8) is 0 Å². The van der Waals surface area contributed by atoms with E-state index in [2.05, 4.69) is 20.9 Å². The van der Waals surface area contributed by atoms with Crippen molar-refractivity contribution in [3.05, 3.63) is 52.1 Å². The van der Waals surface area contributed by atoms with Crippen molar-refractivity contribution in [2.45, 2.75) is 13.3 Å². The molecule has 0 aliphatic rings. The number of ether oxygens (including phenoxy) is 1. The van der Waals surface area contributed by atoms with Crippen molar-refractivity contribution in [2.75, 3.05) is 12.3 Å². The van der Waals surface area contributed by atoms with Crippen LogP contribution in [0.25, 0.3) is 0 Å². The van der Waals surface area contributed by atoms with Gasteiger partial charge in [-0.2, -0.15) is 0 Å². The molecule has 0 aliphatic heterocycles. The van der Waals surface area contributed by atoms with Gasteiger partial charge in [0.2, 0.25) is 0 Å². The van der Waals surface area contributed by atoms with E-state index in [1.54, 1.807) is 6.20 Å². The molecule has 94 valence electrons. The highest BCUT2D eigenvalue weighted by Gasteiger charge is 2.02. The molecule has 1 heterocycles. The highest BCUT2D eigenvalue weighted by atomic mass is 79.9. The van der Waals surface area contributed by atoms with Gasteiger partial charge in [0, 0.05) is 17.1 Å². The zero-order chi connectivity index (χ0) is 13.0. The lowest BCUT2D eigenvalue weighted by Gasteiger charge is -2.08. The van der Waals surface area contributed by atoms with Gasteiger partial charge in [0.15, 0.2) is 0 Å². The van der Waals surface area contributed by atoms with Crippen molar-refractivity contribution in [2.24, 2.45) is 0 Å². The first-order valence-corrected chi connectivity index (χ1v) is 6.54. The lowest BCUT2D eigenvalue weighted by molar-refractivity contribution is 0.322. The molecule has 2 N–H and O–H groups in total. The van der Waals surface area contributed by atoms with Crippen LogP contribution < -0.4 is 10.5 Å². The number of benzene rings is 1. The summed E-state index contributed by atoms with van der Waals surface area (Å²) in [5.74, 6) is 1.43. The van der Waals surface area contributed by atoms with Crippen LogP contribution in [-0.2, 0) is 6.42 Å². The van der Waals surface area contributed by atoms with E-state index in [0.29, 0.717) is 12.4 Å². The highest BCUT2D eigenvalue weighted by Crippen LogP contribution is 2.18. The molecule has 0 bridgehead atoms. The molecule has 0 saturated heterocycles. The van der Waals surface area contributed by atoms with Gasteiger partial charge in [-0.05, 0) is 36.2 Å². The largest absolute Gasteiger partial charge is 0.493 e. The van der Waals surface area contributed by atoms with Gasteiger partial charge >= 0.3 is 0 Å². The van der Waals surface area contributed by atoms with Crippen molar-refractivity contribution < 1.29 is 4.74 Å². The van der Waals surface area contributed by atoms with Crippen molar-refractivity contribution in [1.82, 2.24) is 4.98 Å². The Balaban J connectivity index is 1.94. The van der Waals surface area contributed by atoms with Crippen LogP contribution in [0, 0.1) is 6.92 Å². The number of halogens is 1. The summed E-state index contributed by atoms with van der Waals surface area (Å²) in [4.78, 5) is 4.13. The van der Waals surface area contributed by atoms with Gasteiger partial charge in [0.25, 0.3) is 0 Å². The molecular formula is C14H15BrN2O. The maximum absolute atomic E-state index is 5.82. The fourth-order valence-electron chi connectivity index (χ4n) is 1.68. The first kappa shape index (κ1) is 12.9. The molecule has 18 heavy (non-hydrogen) atoms. The van der Waals surface area contributed by atoms with Gasteiger partial charge in [0.05, 0.1) is 6.61 Å². The van der Waals surface area contributed by atoms with Crippen molar-refractivity contribution >= 4 is 21.7 Å². The smallest absolute Gasteiger partial charge is 0.126 e. The molecule has 0 spiro atoms. The number of aryl methyl sites for hydroxylation is 1. The van der Waals surface area contributed by atoms with Crippen molar-refractivity contribution in [3.8, 4) is 5.75 Å². The monoisotopic (exact) mass is 306 g/mol. The molecule has 2 rings (SSSR count). The third-order valence-electron chi connectivity index (χ3n) is 2.57. The van der Waals surface area contributed by atoms with Gasteiger partial charge < -0.3 is 10.5 Å². The number of nitrogen functional groups attached to an aromatic ring is 1. The second-order valence-electron chi connectivity index (χ2n) is 4.11. The molecule has 0 unspecified atom stereocenters. The van der Waals surface area contributed by atoms with E-state index in [1.807, 2.05) is 37.3 Å². The van der Waals surface area contributed by atoms with E-state index in [4.69, 9.17) is 10.5 Å².